The Morgan fingerprint density at radius 1 is 1.53 bits per heavy atom. The molecule has 0 spiro atoms. The first-order valence-electron chi connectivity index (χ1n) is 5.62. The van der Waals surface area contributed by atoms with Gasteiger partial charge >= 0.3 is 0 Å². The maximum atomic E-state index is 12.2. The molecule has 0 amide bonds. The zero-order chi connectivity index (χ0) is 13.2. The predicted octanol–water partition coefficient (Wildman–Crippen LogP) is 3.94. The van der Waals surface area contributed by atoms with Crippen LogP contribution < -0.4 is 0 Å². The van der Waals surface area contributed by atoms with E-state index in [1.807, 2.05) is 13.8 Å². The first-order chi connectivity index (χ1) is 7.72. The Kier molecular flexibility index (Phi) is 4.84. The van der Waals surface area contributed by atoms with Gasteiger partial charge in [-0.25, -0.2) is 0 Å². The molecule has 0 atom stereocenters. The van der Waals surface area contributed by atoms with Crippen LogP contribution in [0.15, 0.2) is 10.7 Å². The summed E-state index contributed by atoms with van der Waals surface area (Å²) < 4.78 is 2.66. The molecular weight excluding hydrogens is 300 g/mol. The van der Waals surface area contributed by atoms with Crippen molar-refractivity contribution in [3.63, 3.8) is 0 Å². The minimum absolute atomic E-state index is 0.102. The fraction of sp³-hybridized carbons (Fsp3) is 0.667. The highest BCUT2D eigenvalue weighted by molar-refractivity contribution is 9.10. The van der Waals surface area contributed by atoms with Crippen LogP contribution in [0.5, 0.6) is 0 Å². The molecular formula is C12H19BrN2OS. The lowest BCUT2D eigenvalue weighted by atomic mass is 10.2. The molecule has 0 N–H and O–H groups in total. The number of ketones is 1. The van der Waals surface area contributed by atoms with Crippen LogP contribution >= 0.6 is 27.7 Å². The summed E-state index contributed by atoms with van der Waals surface area (Å²) in [5.74, 6) is 0.614. The van der Waals surface area contributed by atoms with Crippen molar-refractivity contribution in [2.24, 2.45) is 0 Å². The first-order valence-corrected chi connectivity index (χ1v) is 7.40. The van der Waals surface area contributed by atoms with Crippen molar-refractivity contribution in [3.8, 4) is 0 Å². The van der Waals surface area contributed by atoms with Crippen LogP contribution in [-0.4, -0.2) is 26.1 Å². The molecule has 5 heteroatoms. The zero-order valence-corrected chi connectivity index (χ0v) is 13.4. The summed E-state index contributed by atoms with van der Waals surface area (Å²) in [4.78, 5) is 12.2. The van der Waals surface area contributed by atoms with E-state index in [1.165, 1.54) is 0 Å². The van der Waals surface area contributed by atoms with Gasteiger partial charge in [0.15, 0.2) is 5.78 Å². The molecule has 0 aliphatic carbocycles. The number of rotatable bonds is 4. The van der Waals surface area contributed by atoms with Gasteiger partial charge in [-0.1, -0.05) is 20.8 Å². The minimum atomic E-state index is 0.102. The molecule has 96 valence electrons. The molecule has 0 unspecified atom stereocenters. The van der Waals surface area contributed by atoms with Crippen LogP contribution in [-0.2, 0) is 0 Å². The summed E-state index contributed by atoms with van der Waals surface area (Å²) in [7, 11) is 0. The van der Waals surface area contributed by atoms with Crippen LogP contribution in [0.25, 0.3) is 0 Å². The molecule has 1 aromatic rings. The number of hydrogen-bond acceptors (Lipinski definition) is 3. The molecule has 0 radical (unpaired) electrons. The summed E-state index contributed by atoms with van der Waals surface area (Å²) >= 11 is 5.05. The molecule has 3 nitrogen and oxygen atoms in total. The molecule has 0 aromatic carbocycles. The van der Waals surface area contributed by atoms with Gasteiger partial charge in [0.2, 0.25) is 0 Å². The maximum Gasteiger partial charge on any atom is 0.191 e. The third-order valence-electron chi connectivity index (χ3n) is 2.14. The van der Waals surface area contributed by atoms with E-state index in [0.29, 0.717) is 11.4 Å². The van der Waals surface area contributed by atoms with Gasteiger partial charge in [0.05, 0.1) is 16.4 Å². The van der Waals surface area contributed by atoms with Crippen molar-refractivity contribution < 1.29 is 4.79 Å². The summed E-state index contributed by atoms with van der Waals surface area (Å²) in [6, 6.07) is 0.194. The number of nitrogens with zero attached hydrogens (tertiary/aromatic N) is 2. The quantitative estimate of drug-likeness (QED) is 0.789. The number of thioether (sulfide) groups is 1. The molecule has 1 rings (SSSR count). The van der Waals surface area contributed by atoms with E-state index in [9.17, 15) is 4.79 Å². The molecule has 0 saturated heterocycles. The fourth-order valence-corrected chi connectivity index (χ4v) is 2.54. The van der Waals surface area contributed by atoms with Crippen LogP contribution in [0.1, 0.15) is 51.1 Å². The summed E-state index contributed by atoms with van der Waals surface area (Å²) in [6.07, 6.45) is 1.69. The van der Waals surface area contributed by atoms with E-state index >= 15 is 0 Å². The average molecular weight is 319 g/mol. The lowest BCUT2D eigenvalue weighted by Crippen LogP contribution is -2.18. The van der Waals surface area contributed by atoms with Crippen molar-refractivity contribution >= 4 is 33.5 Å². The Balaban J connectivity index is 2.85. The smallest absolute Gasteiger partial charge is 0.191 e. The van der Waals surface area contributed by atoms with Crippen LogP contribution in [0.2, 0.25) is 0 Å². The topological polar surface area (TPSA) is 34.9 Å². The number of carbonyl (C=O) groups excluding carboxylic acids is 1. The second kappa shape index (κ2) is 5.57. The van der Waals surface area contributed by atoms with Gasteiger partial charge in [-0.3, -0.25) is 9.48 Å². The van der Waals surface area contributed by atoms with E-state index in [1.54, 1.807) is 22.6 Å². The highest BCUT2D eigenvalue weighted by Gasteiger charge is 2.21. The minimum Gasteiger partial charge on any atom is -0.291 e. The molecule has 1 heterocycles. The summed E-state index contributed by atoms with van der Waals surface area (Å²) in [5, 5.41) is 4.22. The number of halogens is 1. The number of hydrogen-bond donors (Lipinski definition) is 0. The van der Waals surface area contributed by atoms with Gasteiger partial charge in [-0.15, -0.1) is 11.8 Å². The van der Waals surface area contributed by atoms with Crippen LogP contribution in [0.3, 0.4) is 0 Å². The highest BCUT2D eigenvalue weighted by atomic mass is 79.9. The number of Topliss-reactive ketones (excluding diaryl/α,β-unsaturated/α-hetero) is 1. The van der Waals surface area contributed by atoms with E-state index in [2.05, 4.69) is 41.8 Å². The molecule has 0 bridgehead atoms. The van der Waals surface area contributed by atoms with Crippen molar-refractivity contribution in [3.05, 3.63) is 16.4 Å². The number of aromatic nitrogens is 2. The Bertz CT molecular complexity index is 407. The van der Waals surface area contributed by atoms with Crippen molar-refractivity contribution in [2.75, 3.05) is 5.75 Å². The van der Waals surface area contributed by atoms with Crippen molar-refractivity contribution in [1.29, 1.82) is 0 Å². The lowest BCUT2D eigenvalue weighted by molar-refractivity contribution is 0.100. The van der Waals surface area contributed by atoms with Gasteiger partial charge in [0, 0.05) is 10.8 Å². The first kappa shape index (κ1) is 14.8. The van der Waals surface area contributed by atoms with Gasteiger partial charge < -0.3 is 0 Å². The molecule has 17 heavy (non-hydrogen) atoms. The van der Waals surface area contributed by atoms with E-state index in [0.717, 1.165) is 4.47 Å². The summed E-state index contributed by atoms with van der Waals surface area (Å²) in [5.41, 5.74) is 0.678. The van der Waals surface area contributed by atoms with E-state index in [-0.39, 0.29) is 16.6 Å². The second-order valence-corrected chi connectivity index (χ2v) is 7.86. The third kappa shape index (κ3) is 4.14. The normalized spacial score (nSPS) is 12.2. The standard InChI is InChI=1S/C12H19BrN2OS/c1-8(2)15-11(9(13)6-14-15)10(16)7-17-12(3,4)5/h6,8H,7H2,1-5H3. The molecule has 0 aliphatic rings. The van der Waals surface area contributed by atoms with Gasteiger partial charge in [0.25, 0.3) is 0 Å². The van der Waals surface area contributed by atoms with E-state index in [4.69, 9.17) is 0 Å². The van der Waals surface area contributed by atoms with Gasteiger partial charge in [-0.05, 0) is 29.8 Å². The Morgan fingerprint density at radius 3 is 2.59 bits per heavy atom. The molecule has 0 saturated carbocycles. The molecule has 0 aliphatic heterocycles. The predicted molar refractivity (Wildman–Crippen MR) is 76.9 cm³/mol. The van der Waals surface area contributed by atoms with Crippen LogP contribution in [0, 0.1) is 0 Å². The Hall–Kier alpha value is -0.290. The van der Waals surface area contributed by atoms with Crippen molar-refractivity contribution in [1.82, 2.24) is 9.78 Å². The maximum absolute atomic E-state index is 12.2. The summed E-state index contributed by atoms with van der Waals surface area (Å²) in [6.45, 7) is 10.4. The molecule has 1 aromatic heterocycles. The highest BCUT2D eigenvalue weighted by Crippen LogP contribution is 2.26. The van der Waals surface area contributed by atoms with Crippen LogP contribution in [0.4, 0.5) is 0 Å². The van der Waals surface area contributed by atoms with E-state index < -0.39 is 0 Å². The third-order valence-corrected chi connectivity index (χ3v) is 3.99. The molecule has 0 fully saturated rings. The number of carbonyl (C=O) groups is 1. The van der Waals surface area contributed by atoms with Gasteiger partial charge in [0.1, 0.15) is 5.69 Å². The van der Waals surface area contributed by atoms with Crippen molar-refractivity contribution in [2.45, 2.75) is 45.4 Å². The lowest BCUT2D eigenvalue weighted by Gasteiger charge is -2.17. The average Bonchev–Trinajstić information content (AvgIpc) is 2.55. The monoisotopic (exact) mass is 318 g/mol. The Morgan fingerprint density at radius 2 is 2.12 bits per heavy atom. The second-order valence-electron chi connectivity index (χ2n) is 5.20. The van der Waals surface area contributed by atoms with Gasteiger partial charge in [-0.2, -0.15) is 5.10 Å². The zero-order valence-electron chi connectivity index (χ0n) is 11.0. The largest absolute Gasteiger partial charge is 0.291 e. The SMILES string of the molecule is CC(C)n1ncc(Br)c1C(=O)CSC(C)(C)C. The Labute approximate surface area is 115 Å². The fourth-order valence-electron chi connectivity index (χ4n) is 1.34.